The molecule has 0 radical (unpaired) electrons. The van der Waals surface area contributed by atoms with E-state index in [1.54, 1.807) is 25.1 Å². The van der Waals surface area contributed by atoms with Gasteiger partial charge in [0, 0.05) is 23.2 Å². The van der Waals surface area contributed by atoms with E-state index in [1.807, 2.05) is 18.2 Å². The maximum Gasteiger partial charge on any atom is 0.255 e. The number of hydrogen-bond donors (Lipinski definition) is 3. The van der Waals surface area contributed by atoms with Gasteiger partial charge in [-0.15, -0.1) is 0 Å². The molecule has 8 nitrogen and oxygen atoms in total. The Balaban J connectivity index is 1.63. The lowest BCUT2D eigenvalue weighted by Gasteiger charge is -2.11. The van der Waals surface area contributed by atoms with Gasteiger partial charge in [0.15, 0.2) is 5.82 Å². The van der Waals surface area contributed by atoms with Crippen LogP contribution in [0.4, 0.5) is 5.82 Å². The maximum absolute atomic E-state index is 12.1. The molecule has 0 aliphatic carbocycles. The van der Waals surface area contributed by atoms with Crippen LogP contribution in [0.15, 0.2) is 51.8 Å². The van der Waals surface area contributed by atoms with Crippen molar-refractivity contribution in [1.82, 2.24) is 15.5 Å². The molecule has 2 aromatic heterocycles. The second kappa shape index (κ2) is 7.69. The predicted molar refractivity (Wildman–Crippen MR) is 101 cm³/mol. The highest BCUT2D eigenvalue weighted by atomic mass is 16.5. The van der Waals surface area contributed by atoms with Crippen LogP contribution in [0.2, 0.25) is 0 Å². The monoisotopic (exact) mass is 366 g/mol. The summed E-state index contributed by atoms with van der Waals surface area (Å²) in [5.74, 6) is -0.0995. The topological polar surface area (TPSA) is 117 Å². The molecule has 1 atom stereocenters. The number of aromatic nitrogens is 2. The molecule has 1 unspecified atom stereocenters. The fourth-order valence-corrected chi connectivity index (χ4v) is 2.44. The van der Waals surface area contributed by atoms with Crippen molar-refractivity contribution in [2.24, 2.45) is 0 Å². The third-order valence-electron chi connectivity index (χ3n) is 3.83. The summed E-state index contributed by atoms with van der Waals surface area (Å²) in [6, 6.07) is 9.81. The van der Waals surface area contributed by atoms with E-state index in [1.165, 1.54) is 19.1 Å². The summed E-state index contributed by atoms with van der Waals surface area (Å²) in [4.78, 5) is 38.9. The number of para-hydroxylation sites is 1. The first-order valence-corrected chi connectivity index (χ1v) is 8.27. The lowest BCUT2D eigenvalue weighted by molar-refractivity contribution is -0.123. The zero-order valence-electron chi connectivity index (χ0n) is 14.8. The standard InChI is InChI=1S/C19H18N4O4/c1-11-9-16(23-27-11)22-18(25)12(2)20-17(24)8-7-14-10-13-5-3-4-6-15(13)21-19(14)26/h3-10,12H,1-2H3,(H,20,24)(H,21,26)(H,22,23,25)/b8-7+. The van der Waals surface area contributed by atoms with Crippen LogP contribution in [0.3, 0.4) is 0 Å². The second-order valence-electron chi connectivity index (χ2n) is 6.02. The van der Waals surface area contributed by atoms with Gasteiger partial charge in [-0.3, -0.25) is 14.4 Å². The third kappa shape index (κ3) is 4.49. The molecule has 0 aliphatic heterocycles. The smallest absolute Gasteiger partial charge is 0.255 e. The Hall–Kier alpha value is -3.68. The van der Waals surface area contributed by atoms with E-state index in [4.69, 9.17) is 4.52 Å². The molecule has 3 N–H and O–H groups in total. The zero-order chi connectivity index (χ0) is 19.4. The van der Waals surface area contributed by atoms with Crippen molar-refractivity contribution >= 4 is 34.6 Å². The predicted octanol–water partition coefficient (Wildman–Crippen LogP) is 1.98. The molecular formula is C19H18N4O4. The van der Waals surface area contributed by atoms with Gasteiger partial charge in [0.05, 0.1) is 0 Å². The molecule has 0 saturated heterocycles. The second-order valence-corrected chi connectivity index (χ2v) is 6.02. The molecule has 138 valence electrons. The van der Waals surface area contributed by atoms with Gasteiger partial charge in [-0.25, -0.2) is 0 Å². The lowest BCUT2D eigenvalue weighted by atomic mass is 10.1. The molecule has 8 heteroatoms. The number of carbonyl (C=O) groups is 2. The minimum absolute atomic E-state index is 0.275. The Morgan fingerprint density at radius 2 is 2.04 bits per heavy atom. The van der Waals surface area contributed by atoms with Crippen LogP contribution in [-0.4, -0.2) is 28.0 Å². The van der Waals surface area contributed by atoms with Crippen molar-refractivity contribution in [3.63, 3.8) is 0 Å². The van der Waals surface area contributed by atoms with Crippen molar-refractivity contribution in [2.45, 2.75) is 19.9 Å². The molecule has 0 bridgehead atoms. The average Bonchev–Trinajstić information content (AvgIpc) is 3.04. The first-order chi connectivity index (χ1) is 12.9. The Kier molecular flexibility index (Phi) is 5.16. The molecular weight excluding hydrogens is 348 g/mol. The highest BCUT2D eigenvalue weighted by molar-refractivity contribution is 5.99. The van der Waals surface area contributed by atoms with Crippen molar-refractivity contribution in [2.75, 3.05) is 5.32 Å². The Morgan fingerprint density at radius 3 is 2.78 bits per heavy atom. The normalized spacial score (nSPS) is 12.2. The summed E-state index contributed by atoms with van der Waals surface area (Å²) in [6.07, 6.45) is 2.62. The molecule has 0 aliphatic rings. The number of carbonyl (C=O) groups excluding carboxylic acids is 2. The zero-order valence-corrected chi connectivity index (χ0v) is 14.8. The number of anilines is 1. The van der Waals surface area contributed by atoms with Crippen LogP contribution in [0.1, 0.15) is 18.2 Å². The number of nitrogens with one attached hydrogen (secondary N) is 3. The minimum atomic E-state index is -0.797. The molecule has 27 heavy (non-hydrogen) atoms. The summed E-state index contributed by atoms with van der Waals surface area (Å²) >= 11 is 0. The highest BCUT2D eigenvalue weighted by Gasteiger charge is 2.16. The van der Waals surface area contributed by atoms with Gasteiger partial charge >= 0.3 is 0 Å². The Bertz CT molecular complexity index is 1080. The van der Waals surface area contributed by atoms with E-state index in [-0.39, 0.29) is 11.4 Å². The largest absolute Gasteiger partial charge is 0.360 e. The number of nitrogens with zero attached hydrogens (tertiary/aromatic N) is 1. The number of pyridine rings is 1. The maximum atomic E-state index is 12.1. The summed E-state index contributed by atoms with van der Waals surface area (Å²) < 4.78 is 4.86. The fourth-order valence-electron chi connectivity index (χ4n) is 2.44. The number of amides is 2. The molecule has 3 aromatic rings. The van der Waals surface area contributed by atoms with Crippen LogP contribution >= 0.6 is 0 Å². The molecule has 0 fully saturated rings. The van der Waals surface area contributed by atoms with Gasteiger partial charge in [-0.05, 0) is 37.4 Å². The molecule has 3 rings (SSSR count). The average molecular weight is 366 g/mol. The van der Waals surface area contributed by atoms with Gasteiger partial charge < -0.3 is 20.1 Å². The van der Waals surface area contributed by atoms with Gasteiger partial charge in [0.2, 0.25) is 11.8 Å². The number of aryl methyl sites for hydroxylation is 1. The quantitative estimate of drug-likeness (QED) is 0.597. The van der Waals surface area contributed by atoms with Crippen LogP contribution in [0.25, 0.3) is 17.0 Å². The molecule has 2 amide bonds. The van der Waals surface area contributed by atoms with Crippen LogP contribution in [-0.2, 0) is 9.59 Å². The number of benzene rings is 1. The molecule has 0 saturated carbocycles. The third-order valence-corrected chi connectivity index (χ3v) is 3.83. The van der Waals surface area contributed by atoms with E-state index in [2.05, 4.69) is 20.8 Å². The van der Waals surface area contributed by atoms with Crippen LogP contribution < -0.4 is 16.2 Å². The summed E-state index contributed by atoms with van der Waals surface area (Å²) in [5, 5.41) is 9.57. The number of hydrogen-bond acceptors (Lipinski definition) is 5. The summed E-state index contributed by atoms with van der Waals surface area (Å²) in [5.41, 5.74) is 0.765. The van der Waals surface area contributed by atoms with Gasteiger partial charge in [0.1, 0.15) is 11.8 Å². The van der Waals surface area contributed by atoms with Crippen molar-refractivity contribution in [3.8, 4) is 0 Å². The van der Waals surface area contributed by atoms with Gasteiger partial charge in [-0.1, -0.05) is 23.4 Å². The van der Waals surface area contributed by atoms with Crippen molar-refractivity contribution in [1.29, 1.82) is 0 Å². The highest BCUT2D eigenvalue weighted by Crippen LogP contribution is 2.11. The minimum Gasteiger partial charge on any atom is -0.360 e. The van der Waals surface area contributed by atoms with Gasteiger partial charge in [-0.2, -0.15) is 0 Å². The van der Waals surface area contributed by atoms with Crippen molar-refractivity contribution < 1.29 is 14.1 Å². The first kappa shape index (κ1) is 18.1. The van der Waals surface area contributed by atoms with E-state index < -0.39 is 17.9 Å². The van der Waals surface area contributed by atoms with E-state index in [0.717, 1.165) is 10.9 Å². The number of H-pyrrole nitrogens is 1. The number of fused-ring (bicyclic) bond motifs is 1. The molecule has 0 spiro atoms. The van der Waals surface area contributed by atoms with E-state index in [0.29, 0.717) is 11.3 Å². The number of rotatable bonds is 5. The lowest BCUT2D eigenvalue weighted by Crippen LogP contribution is -2.40. The number of aromatic amines is 1. The van der Waals surface area contributed by atoms with Crippen molar-refractivity contribution in [3.05, 3.63) is 64.2 Å². The van der Waals surface area contributed by atoms with Gasteiger partial charge in [0.25, 0.3) is 5.56 Å². The first-order valence-electron chi connectivity index (χ1n) is 8.27. The van der Waals surface area contributed by atoms with Crippen LogP contribution in [0, 0.1) is 6.92 Å². The summed E-state index contributed by atoms with van der Waals surface area (Å²) in [6.45, 7) is 3.24. The fraction of sp³-hybridized carbons (Fsp3) is 0.158. The summed E-state index contributed by atoms with van der Waals surface area (Å²) in [7, 11) is 0. The Morgan fingerprint density at radius 1 is 1.26 bits per heavy atom. The Labute approximate surface area is 154 Å². The van der Waals surface area contributed by atoms with Crippen LogP contribution in [0.5, 0.6) is 0 Å². The molecule has 2 heterocycles. The SMILES string of the molecule is Cc1cc(NC(=O)C(C)NC(=O)/C=C/c2cc3ccccc3[nH]c2=O)no1. The molecule has 1 aromatic carbocycles. The van der Waals surface area contributed by atoms with E-state index >= 15 is 0 Å². The van der Waals surface area contributed by atoms with E-state index in [9.17, 15) is 14.4 Å².